The van der Waals surface area contributed by atoms with Crippen molar-refractivity contribution in [3.63, 3.8) is 0 Å². The molecule has 20 heavy (non-hydrogen) atoms. The van der Waals surface area contributed by atoms with E-state index in [-0.39, 0.29) is 6.10 Å². The fourth-order valence-corrected chi connectivity index (χ4v) is 3.05. The second kappa shape index (κ2) is 9.01. The second-order valence-corrected chi connectivity index (χ2v) is 7.63. The highest BCUT2D eigenvalue weighted by Gasteiger charge is 2.27. The van der Waals surface area contributed by atoms with Gasteiger partial charge in [-0.1, -0.05) is 34.1 Å². The molecule has 2 unspecified atom stereocenters. The molecule has 120 valence electrons. The largest absolute Gasteiger partial charge is 0.389 e. The van der Waals surface area contributed by atoms with Crippen LogP contribution in [0, 0.1) is 11.3 Å². The van der Waals surface area contributed by atoms with Crippen LogP contribution in [0.25, 0.3) is 0 Å². The topological polar surface area (TPSA) is 41.5 Å². The molecule has 3 heteroatoms. The van der Waals surface area contributed by atoms with Crippen LogP contribution in [0.1, 0.15) is 66.2 Å². The van der Waals surface area contributed by atoms with Gasteiger partial charge >= 0.3 is 0 Å². The Labute approximate surface area is 125 Å². The first-order valence-electron chi connectivity index (χ1n) is 8.38. The van der Waals surface area contributed by atoms with Gasteiger partial charge in [0.2, 0.25) is 0 Å². The first kappa shape index (κ1) is 17.9. The molecule has 2 N–H and O–H groups in total. The Morgan fingerprint density at radius 2 is 2.10 bits per heavy atom. The summed E-state index contributed by atoms with van der Waals surface area (Å²) in [5.74, 6) is 0.736. The molecule has 0 aliphatic heterocycles. The number of aliphatic hydroxyl groups excluding tert-OH is 1. The highest BCUT2D eigenvalue weighted by atomic mass is 16.5. The zero-order chi connectivity index (χ0) is 15.0. The van der Waals surface area contributed by atoms with Crippen LogP contribution >= 0.6 is 0 Å². The van der Waals surface area contributed by atoms with Gasteiger partial charge in [0.05, 0.1) is 12.7 Å². The number of nitrogens with one attached hydrogen (secondary N) is 1. The van der Waals surface area contributed by atoms with Crippen molar-refractivity contribution < 1.29 is 9.84 Å². The Morgan fingerprint density at radius 1 is 1.35 bits per heavy atom. The molecule has 0 saturated heterocycles. The summed E-state index contributed by atoms with van der Waals surface area (Å²) in [7, 11) is 0. The van der Waals surface area contributed by atoms with E-state index in [1.807, 2.05) is 0 Å². The standard InChI is InChI=1S/C17H35NO2/c1-14(2)7-6-10-20-13-16(19)12-18-15-8-5-9-17(3,4)11-15/h14-16,18-19H,5-13H2,1-4H3. The zero-order valence-electron chi connectivity index (χ0n) is 14.0. The molecule has 3 nitrogen and oxygen atoms in total. The van der Waals surface area contributed by atoms with Gasteiger partial charge in [0.25, 0.3) is 0 Å². The molecule has 1 fully saturated rings. The van der Waals surface area contributed by atoms with E-state index in [0.29, 0.717) is 24.6 Å². The van der Waals surface area contributed by atoms with Crippen LogP contribution in [0.15, 0.2) is 0 Å². The lowest BCUT2D eigenvalue weighted by Crippen LogP contribution is -2.41. The fourth-order valence-electron chi connectivity index (χ4n) is 3.05. The predicted molar refractivity (Wildman–Crippen MR) is 84.9 cm³/mol. The Hall–Kier alpha value is -0.120. The Balaban J connectivity index is 2.03. The molecule has 0 aromatic heterocycles. The fraction of sp³-hybridized carbons (Fsp3) is 1.00. The van der Waals surface area contributed by atoms with E-state index in [4.69, 9.17) is 4.74 Å². The van der Waals surface area contributed by atoms with Gasteiger partial charge in [0.1, 0.15) is 0 Å². The van der Waals surface area contributed by atoms with Crippen LogP contribution < -0.4 is 5.32 Å². The summed E-state index contributed by atoms with van der Waals surface area (Å²) in [6.07, 6.45) is 7.00. The number of aliphatic hydroxyl groups is 1. The highest BCUT2D eigenvalue weighted by molar-refractivity contribution is 4.83. The van der Waals surface area contributed by atoms with Crippen LogP contribution in [-0.2, 0) is 4.74 Å². The molecule has 0 amide bonds. The van der Waals surface area contributed by atoms with Crippen LogP contribution in [0.3, 0.4) is 0 Å². The van der Waals surface area contributed by atoms with E-state index >= 15 is 0 Å². The molecule has 0 aromatic rings. The maximum Gasteiger partial charge on any atom is 0.0897 e. The average molecular weight is 285 g/mol. The van der Waals surface area contributed by atoms with E-state index in [0.717, 1.165) is 18.9 Å². The highest BCUT2D eigenvalue weighted by Crippen LogP contribution is 2.34. The molecule has 1 saturated carbocycles. The normalized spacial score (nSPS) is 24.0. The third-order valence-electron chi connectivity index (χ3n) is 4.23. The summed E-state index contributed by atoms with van der Waals surface area (Å²) in [6.45, 7) is 11.0. The Morgan fingerprint density at radius 3 is 2.75 bits per heavy atom. The molecule has 0 aromatic carbocycles. The van der Waals surface area contributed by atoms with Gasteiger partial charge in [-0.2, -0.15) is 0 Å². The molecule has 1 rings (SSSR count). The summed E-state index contributed by atoms with van der Waals surface area (Å²) in [6, 6.07) is 0.564. The number of hydrogen-bond donors (Lipinski definition) is 2. The Bertz CT molecular complexity index is 253. The summed E-state index contributed by atoms with van der Waals surface area (Å²) >= 11 is 0. The summed E-state index contributed by atoms with van der Waals surface area (Å²) in [5.41, 5.74) is 0.453. The monoisotopic (exact) mass is 285 g/mol. The van der Waals surface area contributed by atoms with E-state index in [2.05, 4.69) is 33.0 Å². The van der Waals surface area contributed by atoms with Crippen molar-refractivity contribution >= 4 is 0 Å². The molecule has 0 heterocycles. The molecular formula is C17H35NO2. The van der Waals surface area contributed by atoms with Crippen molar-refractivity contribution in [2.45, 2.75) is 78.4 Å². The van der Waals surface area contributed by atoms with Crippen LogP contribution in [0.5, 0.6) is 0 Å². The van der Waals surface area contributed by atoms with Gasteiger partial charge in [-0.3, -0.25) is 0 Å². The average Bonchev–Trinajstić information content (AvgIpc) is 2.34. The van der Waals surface area contributed by atoms with Crippen LogP contribution in [0.4, 0.5) is 0 Å². The number of ether oxygens (including phenoxy) is 1. The lowest BCUT2D eigenvalue weighted by molar-refractivity contribution is 0.0315. The SMILES string of the molecule is CC(C)CCCOCC(O)CNC1CCCC(C)(C)C1. The smallest absolute Gasteiger partial charge is 0.0897 e. The zero-order valence-corrected chi connectivity index (χ0v) is 14.0. The quantitative estimate of drug-likeness (QED) is 0.638. The van der Waals surface area contributed by atoms with Crippen molar-refractivity contribution in [1.29, 1.82) is 0 Å². The molecule has 1 aliphatic rings. The van der Waals surface area contributed by atoms with Crippen LogP contribution in [0.2, 0.25) is 0 Å². The van der Waals surface area contributed by atoms with E-state index < -0.39 is 0 Å². The van der Waals surface area contributed by atoms with E-state index in [1.165, 1.54) is 32.1 Å². The van der Waals surface area contributed by atoms with Gasteiger partial charge in [0, 0.05) is 19.2 Å². The van der Waals surface area contributed by atoms with Crippen molar-refractivity contribution in [2.75, 3.05) is 19.8 Å². The third kappa shape index (κ3) is 8.23. The summed E-state index contributed by atoms with van der Waals surface area (Å²) in [4.78, 5) is 0. The lowest BCUT2D eigenvalue weighted by atomic mass is 9.75. The van der Waals surface area contributed by atoms with E-state index in [9.17, 15) is 5.11 Å². The van der Waals surface area contributed by atoms with Crippen LogP contribution in [-0.4, -0.2) is 37.0 Å². The molecule has 2 atom stereocenters. The van der Waals surface area contributed by atoms with E-state index in [1.54, 1.807) is 0 Å². The van der Waals surface area contributed by atoms with Gasteiger partial charge in [0.15, 0.2) is 0 Å². The second-order valence-electron chi connectivity index (χ2n) is 7.63. The van der Waals surface area contributed by atoms with Gasteiger partial charge in [-0.15, -0.1) is 0 Å². The maximum absolute atomic E-state index is 9.93. The molecule has 1 aliphatic carbocycles. The summed E-state index contributed by atoms with van der Waals surface area (Å²) < 4.78 is 5.54. The number of hydrogen-bond acceptors (Lipinski definition) is 3. The minimum Gasteiger partial charge on any atom is -0.389 e. The molecule has 0 radical (unpaired) electrons. The minimum atomic E-state index is -0.376. The van der Waals surface area contributed by atoms with Gasteiger partial charge in [-0.25, -0.2) is 0 Å². The first-order chi connectivity index (χ1) is 9.39. The van der Waals surface area contributed by atoms with Gasteiger partial charge in [-0.05, 0) is 43.4 Å². The maximum atomic E-state index is 9.93. The summed E-state index contributed by atoms with van der Waals surface area (Å²) in [5, 5.41) is 13.4. The predicted octanol–water partition coefficient (Wildman–Crippen LogP) is 3.36. The number of rotatable bonds is 9. The molecular weight excluding hydrogens is 250 g/mol. The third-order valence-corrected chi connectivity index (χ3v) is 4.23. The van der Waals surface area contributed by atoms with Crippen molar-refractivity contribution in [3.05, 3.63) is 0 Å². The van der Waals surface area contributed by atoms with Crippen molar-refractivity contribution in [2.24, 2.45) is 11.3 Å². The molecule has 0 spiro atoms. The van der Waals surface area contributed by atoms with Crippen molar-refractivity contribution in [1.82, 2.24) is 5.32 Å². The van der Waals surface area contributed by atoms with Crippen molar-refractivity contribution in [3.8, 4) is 0 Å². The molecule has 0 bridgehead atoms. The Kier molecular flexibility index (Phi) is 8.08. The minimum absolute atomic E-state index is 0.376. The van der Waals surface area contributed by atoms with Gasteiger partial charge < -0.3 is 15.2 Å². The first-order valence-corrected chi connectivity index (χ1v) is 8.38. The lowest BCUT2D eigenvalue weighted by Gasteiger charge is -2.36.